The standard InChI is InChI=1S/C26H24N2O/c1-2-17-27(19-21-11-5-3-6-12-21)26(29)25-18-23-15-9-10-16-24(23)28(25)20-22-13-7-4-8-14-22/h2-16,18H,1,17,19-20H2. The van der Waals surface area contributed by atoms with Gasteiger partial charge in [0.25, 0.3) is 5.91 Å². The predicted molar refractivity (Wildman–Crippen MR) is 119 cm³/mol. The number of nitrogens with zero attached hydrogens (tertiary/aromatic N) is 2. The van der Waals surface area contributed by atoms with E-state index in [-0.39, 0.29) is 5.91 Å². The fraction of sp³-hybridized carbons (Fsp3) is 0.115. The van der Waals surface area contributed by atoms with E-state index in [1.54, 1.807) is 6.08 Å². The Morgan fingerprint density at radius 1 is 0.862 bits per heavy atom. The highest BCUT2D eigenvalue weighted by molar-refractivity contribution is 5.99. The summed E-state index contributed by atoms with van der Waals surface area (Å²) < 4.78 is 2.12. The molecule has 0 aliphatic rings. The normalized spacial score (nSPS) is 10.8. The van der Waals surface area contributed by atoms with Crippen molar-refractivity contribution in [1.29, 1.82) is 0 Å². The van der Waals surface area contributed by atoms with Gasteiger partial charge in [-0.15, -0.1) is 6.58 Å². The molecule has 1 heterocycles. The van der Waals surface area contributed by atoms with Crippen molar-refractivity contribution in [3.63, 3.8) is 0 Å². The third kappa shape index (κ3) is 4.14. The number of hydrogen-bond donors (Lipinski definition) is 0. The summed E-state index contributed by atoms with van der Waals surface area (Å²) in [5, 5.41) is 1.07. The molecule has 4 rings (SSSR count). The lowest BCUT2D eigenvalue weighted by Crippen LogP contribution is -2.32. The lowest BCUT2D eigenvalue weighted by Gasteiger charge is -2.22. The lowest BCUT2D eigenvalue weighted by molar-refractivity contribution is 0.0753. The predicted octanol–water partition coefficient (Wildman–Crippen LogP) is 5.52. The van der Waals surface area contributed by atoms with Crippen molar-refractivity contribution in [3.05, 3.63) is 120 Å². The Labute approximate surface area is 171 Å². The summed E-state index contributed by atoms with van der Waals surface area (Å²) in [5.41, 5.74) is 4.04. The highest BCUT2D eigenvalue weighted by Crippen LogP contribution is 2.23. The van der Waals surface area contributed by atoms with E-state index in [0.29, 0.717) is 25.3 Å². The topological polar surface area (TPSA) is 25.2 Å². The van der Waals surface area contributed by atoms with Gasteiger partial charge in [-0.1, -0.05) is 84.9 Å². The van der Waals surface area contributed by atoms with Crippen LogP contribution in [0.4, 0.5) is 0 Å². The SMILES string of the molecule is C=CCN(Cc1ccccc1)C(=O)c1cc2ccccc2n1Cc1ccccc1. The van der Waals surface area contributed by atoms with Crippen LogP contribution in [0.2, 0.25) is 0 Å². The molecule has 0 aliphatic heterocycles. The summed E-state index contributed by atoms with van der Waals surface area (Å²) in [7, 11) is 0. The van der Waals surface area contributed by atoms with Crippen LogP contribution in [0, 0.1) is 0 Å². The van der Waals surface area contributed by atoms with Gasteiger partial charge >= 0.3 is 0 Å². The second-order valence-corrected chi connectivity index (χ2v) is 7.12. The van der Waals surface area contributed by atoms with E-state index in [1.165, 1.54) is 5.56 Å². The first-order chi connectivity index (χ1) is 14.3. The van der Waals surface area contributed by atoms with Crippen LogP contribution < -0.4 is 0 Å². The maximum Gasteiger partial charge on any atom is 0.271 e. The highest BCUT2D eigenvalue weighted by Gasteiger charge is 2.21. The Balaban J connectivity index is 1.73. The molecule has 3 nitrogen and oxygen atoms in total. The average Bonchev–Trinajstić information content (AvgIpc) is 3.13. The number of benzene rings is 3. The van der Waals surface area contributed by atoms with Crippen LogP contribution >= 0.6 is 0 Å². The molecular weight excluding hydrogens is 356 g/mol. The summed E-state index contributed by atoms with van der Waals surface area (Å²) >= 11 is 0. The maximum absolute atomic E-state index is 13.6. The summed E-state index contributed by atoms with van der Waals surface area (Å²) in [6.07, 6.45) is 1.78. The molecule has 0 N–H and O–H groups in total. The number of para-hydroxylation sites is 1. The molecule has 0 spiro atoms. The van der Waals surface area contributed by atoms with Crippen LogP contribution in [0.25, 0.3) is 10.9 Å². The van der Waals surface area contributed by atoms with Crippen molar-refractivity contribution >= 4 is 16.8 Å². The molecule has 0 saturated heterocycles. The second-order valence-electron chi connectivity index (χ2n) is 7.12. The summed E-state index contributed by atoms with van der Waals surface area (Å²) in [4.78, 5) is 15.4. The molecule has 0 atom stereocenters. The van der Waals surface area contributed by atoms with Crippen molar-refractivity contribution in [2.75, 3.05) is 6.54 Å². The monoisotopic (exact) mass is 380 g/mol. The van der Waals surface area contributed by atoms with Gasteiger partial charge in [-0.2, -0.15) is 0 Å². The summed E-state index contributed by atoms with van der Waals surface area (Å²) in [6.45, 7) is 5.56. The minimum absolute atomic E-state index is 0.0147. The van der Waals surface area contributed by atoms with Gasteiger partial charge in [0.05, 0.1) is 0 Å². The van der Waals surface area contributed by atoms with Crippen molar-refractivity contribution in [1.82, 2.24) is 9.47 Å². The third-order valence-electron chi connectivity index (χ3n) is 5.07. The van der Waals surface area contributed by atoms with Gasteiger partial charge < -0.3 is 9.47 Å². The molecule has 0 saturated carbocycles. The van der Waals surface area contributed by atoms with E-state index < -0.39 is 0 Å². The third-order valence-corrected chi connectivity index (χ3v) is 5.07. The number of fused-ring (bicyclic) bond motifs is 1. The van der Waals surface area contributed by atoms with E-state index in [0.717, 1.165) is 16.5 Å². The smallest absolute Gasteiger partial charge is 0.271 e. The zero-order valence-corrected chi connectivity index (χ0v) is 16.4. The van der Waals surface area contributed by atoms with E-state index in [4.69, 9.17) is 0 Å². The Hall–Kier alpha value is -3.59. The molecule has 1 amide bonds. The molecule has 0 aliphatic carbocycles. The number of carbonyl (C=O) groups is 1. The minimum Gasteiger partial charge on any atom is -0.332 e. The average molecular weight is 380 g/mol. The first kappa shape index (κ1) is 18.8. The number of aromatic nitrogens is 1. The van der Waals surface area contributed by atoms with Crippen molar-refractivity contribution in [2.45, 2.75) is 13.1 Å². The van der Waals surface area contributed by atoms with Gasteiger partial charge in [-0.25, -0.2) is 0 Å². The molecule has 0 unspecified atom stereocenters. The van der Waals surface area contributed by atoms with Gasteiger partial charge in [0.15, 0.2) is 0 Å². The van der Waals surface area contributed by atoms with E-state index in [1.807, 2.05) is 71.6 Å². The number of carbonyl (C=O) groups excluding carboxylic acids is 1. The maximum atomic E-state index is 13.6. The lowest BCUT2D eigenvalue weighted by atomic mass is 10.2. The molecule has 3 aromatic carbocycles. The largest absolute Gasteiger partial charge is 0.332 e. The minimum atomic E-state index is 0.0147. The van der Waals surface area contributed by atoms with Gasteiger partial charge in [0.1, 0.15) is 5.69 Å². The quantitative estimate of drug-likeness (QED) is 0.388. The number of hydrogen-bond acceptors (Lipinski definition) is 1. The fourth-order valence-corrected chi connectivity index (χ4v) is 3.66. The first-order valence-electron chi connectivity index (χ1n) is 9.82. The second kappa shape index (κ2) is 8.61. The van der Waals surface area contributed by atoms with E-state index >= 15 is 0 Å². The van der Waals surface area contributed by atoms with Crippen molar-refractivity contribution in [3.8, 4) is 0 Å². The van der Waals surface area contributed by atoms with Crippen LogP contribution in [0.5, 0.6) is 0 Å². The molecule has 0 radical (unpaired) electrons. The molecular formula is C26H24N2O. The molecule has 0 fully saturated rings. The molecule has 4 aromatic rings. The van der Waals surface area contributed by atoms with Crippen molar-refractivity contribution in [2.24, 2.45) is 0 Å². The van der Waals surface area contributed by atoms with Crippen LogP contribution in [0.15, 0.2) is 104 Å². The van der Waals surface area contributed by atoms with Crippen LogP contribution in [0.1, 0.15) is 21.6 Å². The van der Waals surface area contributed by atoms with Crippen LogP contribution in [0.3, 0.4) is 0 Å². The molecule has 0 bridgehead atoms. The molecule has 1 aromatic heterocycles. The van der Waals surface area contributed by atoms with E-state index in [2.05, 4.69) is 35.4 Å². The fourth-order valence-electron chi connectivity index (χ4n) is 3.66. The molecule has 29 heavy (non-hydrogen) atoms. The Bertz CT molecular complexity index is 1110. The number of rotatable bonds is 7. The number of amides is 1. The first-order valence-corrected chi connectivity index (χ1v) is 9.82. The van der Waals surface area contributed by atoms with Crippen molar-refractivity contribution < 1.29 is 4.79 Å². The Kier molecular flexibility index (Phi) is 5.57. The Morgan fingerprint density at radius 2 is 1.48 bits per heavy atom. The Morgan fingerprint density at radius 3 is 2.17 bits per heavy atom. The van der Waals surface area contributed by atoms with Gasteiger partial charge in [0, 0.05) is 30.5 Å². The van der Waals surface area contributed by atoms with Gasteiger partial charge in [-0.05, 0) is 23.3 Å². The molecule has 144 valence electrons. The zero-order valence-electron chi connectivity index (χ0n) is 16.4. The highest BCUT2D eigenvalue weighted by atomic mass is 16.2. The van der Waals surface area contributed by atoms with Gasteiger partial charge in [-0.3, -0.25) is 4.79 Å². The van der Waals surface area contributed by atoms with Crippen LogP contribution in [-0.2, 0) is 13.1 Å². The zero-order chi connectivity index (χ0) is 20.1. The molecule has 3 heteroatoms. The van der Waals surface area contributed by atoms with Gasteiger partial charge in [0.2, 0.25) is 0 Å². The summed E-state index contributed by atoms with van der Waals surface area (Å²) in [6, 6.07) is 30.5. The van der Waals surface area contributed by atoms with Crippen LogP contribution in [-0.4, -0.2) is 21.9 Å². The van der Waals surface area contributed by atoms with E-state index in [9.17, 15) is 4.79 Å². The summed E-state index contributed by atoms with van der Waals surface area (Å²) in [5.74, 6) is 0.0147.